The lowest BCUT2D eigenvalue weighted by Crippen LogP contribution is -2.32. The molecule has 2 aromatic carbocycles. The van der Waals surface area contributed by atoms with Crippen molar-refractivity contribution in [1.82, 2.24) is 20.6 Å². The molecule has 8 nitrogen and oxygen atoms in total. The van der Waals surface area contributed by atoms with Gasteiger partial charge in [-0.25, -0.2) is 9.18 Å². The van der Waals surface area contributed by atoms with E-state index in [1.807, 2.05) is 13.0 Å². The van der Waals surface area contributed by atoms with Crippen LogP contribution in [0.4, 0.5) is 14.9 Å². The fourth-order valence-corrected chi connectivity index (χ4v) is 5.80. The summed E-state index contributed by atoms with van der Waals surface area (Å²) >= 11 is 0. The Kier molecular flexibility index (Phi) is 7.83. The van der Waals surface area contributed by atoms with Gasteiger partial charge in [0.05, 0.1) is 22.5 Å². The van der Waals surface area contributed by atoms with Gasteiger partial charge in [-0.15, -0.1) is 0 Å². The molecule has 2 aliphatic carbocycles. The molecule has 43 heavy (non-hydrogen) atoms. The topological polar surface area (TPSA) is 116 Å². The Hall–Kier alpha value is -4.37. The van der Waals surface area contributed by atoms with Crippen LogP contribution in [0.1, 0.15) is 71.3 Å². The van der Waals surface area contributed by atoms with Gasteiger partial charge in [0.1, 0.15) is 5.82 Å². The Morgan fingerprint density at radius 1 is 1.07 bits per heavy atom. The van der Waals surface area contributed by atoms with Crippen molar-refractivity contribution in [3.8, 4) is 11.3 Å². The number of nitrogens with one attached hydrogen (secondary N) is 3. The van der Waals surface area contributed by atoms with E-state index in [0.29, 0.717) is 48.6 Å². The summed E-state index contributed by atoms with van der Waals surface area (Å²) < 4.78 is 13.6. The SMILES string of the molecule is Cc1cnc2c(NC(=O)NCCC3(O)CC3)cc(C(=O)NCCc3cc4c(c(-c5ccc(F)cc5)n3)CCC4C)cc2c1. The molecule has 0 spiro atoms. The summed E-state index contributed by atoms with van der Waals surface area (Å²) in [6, 6.07) is 13.5. The molecule has 2 heterocycles. The molecule has 6 rings (SSSR count). The molecule has 222 valence electrons. The van der Waals surface area contributed by atoms with Crippen molar-refractivity contribution in [3.63, 3.8) is 0 Å². The number of amides is 3. The molecule has 0 radical (unpaired) electrons. The Balaban J connectivity index is 1.17. The third-order valence-electron chi connectivity index (χ3n) is 8.49. The number of fused-ring (bicyclic) bond motifs is 2. The molecule has 0 saturated heterocycles. The van der Waals surface area contributed by atoms with Crippen LogP contribution in [0, 0.1) is 12.7 Å². The van der Waals surface area contributed by atoms with Crippen molar-refractivity contribution in [3.05, 3.63) is 88.5 Å². The van der Waals surface area contributed by atoms with Gasteiger partial charge in [-0.05, 0) is 110 Å². The van der Waals surface area contributed by atoms with E-state index < -0.39 is 11.6 Å². The first-order chi connectivity index (χ1) is 20.7. The summed E-state index contributed by atoms with van der Waals surface area (Å²) in [6.45, 7) is 4.86. The molecule has 1 fully saturated rings. The minimum absolute atomic E-state index is 0.267. The summed E-state index contributed by atoms with van der Waals surface area (Å²) in [4.78, 5) is 35.4. The van der Waals surface area contributed by atoms with Crippen LogP contribution >= 0.6 is 0 Å². The number of carbonyl (C=O) groups is 2. The van der Waals surface area contributed by atoms with Gasteiger partial charge in [-0.3, -0.25) is 14.8 Å². The van der Waals surface area contributed by atoms with Gasteiger partial charge >= 0.3 is 6.03 Å². The highest BCUT2D eigenvalue weighted by molar-refractivity contribution is 6.05. The Morgan fingerprint density at radius 2 is 1.86 bits per heavy atom. The molecule has 2 aromatic heterocycles. The number of anilines is 1. The average Bonchev–Trinajstić information content (AvgIpc) is 3.60. The van der Waals surface area contributed by atoms with Crippen molar-refractivity contribution in [2.45, 2.75) is 63.9 Å². The number of aryl methyl sites for hydroxylation is 1. The number of hydrogen-bond donors (Lipinski definition) is 4. The third-order valence-corrected chi connectivity index (χ3v) is 8.49. The highest BCUT2D eigenvalue weighted by atomic mass is 19.1. The molecule has 1 unspecified atom stereocenters. The number of pyridine rings is 2. The predicted octanol–water partition coefficient (Wildman–Crippen LogP) is 5.80. The number of nitrogens with zero attached hydrogens (tertiary/aromatic N) is 2. The zero-order valence-corrected chi connectivity index (χ0v) is 24.5. The molecular weight excluding hydrogens is 545 g/mol. The molecule has 4 aromatic rings. The summed E-state index contributed by atoms with van der Waals surface area (Å²) in [7, 11) is 0. The Labute approximate surface area is 250 Å². The van der Waals surface area contributed by atoms with Crippen molar-refractivity contribution < 1.29 is 19.1 Å². The Morgan fingerprint density at radius 3 is 2.63 bits per heavy atom. The first-order valence-corrected chi connectivity index (χ1v) is 14.9. The van der Waals surface area contributed by atoms with Crippen molar-refractivity contribution in [2.24, 2.45) is 0 Å². The lowest BCUT2D eigenvalue weighted by molar-refractivity contribution is 0.0954. The number of halogens is 1. The maximum absolute atomic E-state index is 13.6. The van der Waals surface area contributed by atoms with Crippen LogP contribution in [-0.4, -0.2) is 45.7 Å². The second kappa shape index (κ2) is 11.7. The highest BCUT2D eigenvalue weighted by Crippen LogP contribution is 2.39. The van der Waals surface area contributed by atoms with E-state index in [1.54, 1.807) is 30.5 Å². The summed E-state index contributed by atoms with van der Waals surface area (Å²) in [6.07, 6.45) is 6.28. The van der Waals surface area contributed by atoms with Crippen LogP contribution in [0.3, 0.4) is 0 Å². The van der Waals surface area contributed by atoms with Crippen molar-refractivity contribution in [2.75, 3.05) is 18.4 Å². The molecule has 4 N–H and O–H groups in total. The molecule has 1 saturated carbocycles. The Bertz CT molecular complexity index is 1700. The summed E-state index contributed by atoms with van der Waals surface area (Å²) in [5, 5.41) is 19.4. The first kappa shape index (κ1) is 28.7. The maximum atomic E-state index is 13.6. The van der Waals surface area contributed by atoms with Crippen molar-refractivity contribution >= 4 is 28.5 Å². The van der Waals surface area contributed by atoms with E-state index in [4.69, 9.17) is 4.98 Å². The second-order valence-corrected chi connectivity index (χ2v) is 11.9. The molecule has 2 aliphatic rings. The lowest BCUT2D eigenvalue weighted by atomic mass is 9.98. The van der Waals surface area contributed by atoms with Crippen LogP contribution in [-0.2, 0) is 12.8 Å². The van der Waals surface area contributed by atoms with Gasteiger partial charge in [-0.2, -0.15) is 0 Å². The highest BCUT2D eigenvalue weighted by Gasteiger charge is 2.39. The predicted molar refractivity (Wildman–Crippen MR) is 165 cm³/mol. The smallest absolute Gasteiger partial charge is 0.319 e. The maximum Gasteiger partial charge on any atom is 0.319 e. The monoisotopic (exact) mass is 581 g/mol. The molecule has 1 atom stereocenters. The number of rotatable bonds is 9. The first-order valence-electron chi connectivity index (χ1n) is 14.9. The van der Waals surface area contributed by atoms with Gasteiger partial charge in [-0.1, -0.05) is 6.92 Å². The van der Waals surface area contributed by atoms with Gasteiger partial charge < -0.3 is 21.1 Å². The number of aromatic nitrogens is 2. The average molecular weight is 582 g/mol. The van der Waals surface area contributed by atoms with E-state index in [0.717, 1.165) is 53.6 Å². The quantitative estimate of drug-likeness (QED) is 0.199. The molecule has 3 amide bonds. The number of urea groups is 1. The number of benzene rings is 2. The van der Waals surface area contributed by atoms with E-state index >= 15 is 0 Å². The fourth-order valence-electron chi connectivity index (χ4n) is 5.80. The van der Waals surface area contributed by atoms with Gasteiger partial charge in [0.2, 0.25) is 0 Å². The third kappa shape index (κ3) is 6.51. The van der Waals surface area contributed by atoms with Crippen LogP contribution in [0.5, 0.6) is 0 Å². The van der Waals surface area contributed by atoms with Crippen LogP contribution < -0.4 is 16.0 Å². The van der Waals surface area contributed by atoms with Gasteiger partial charge in [0.25, 0.3) is 5.91 Å². The van der Waals surface area contributed by atoms with E-state index in [2.05, 4.69) is 33.9 Å². The summed E-state index contributed by atoms with van der Waals surface area (Å²) in [5.74, 6) is -0.127. The largest absolute Gasteiger partial charge is 0.390 e. The van der Waals surface area contributed by atoms with Crippen molar-refractivity contribution in [1.29, 1.82) is 0 Å². The fraction of sp³-hybridized carbons (Fsp3) is 0.353. The zero-order chi connectivity index (χ0) is 30.1. The van der Waals surface area contributed by atoms with E-state index in [1.165, 1.54) is 23.3 Å². The lowest BCUT2D eigenvalue weighted by Gasteiger charge is -2.14. The molecule has 9 heteroatoms. The molecule has 0 aliphatic heterocycles. The zero-order valence-electron chi connectivity index (χ0n) is 24.5. The molecular formula is C34H36FN5O3. The number of aliphatic hydroxyl groups is 1. The molecule has 0 bridgehead atoms. The minimum Gasteiger partial charge on any atom is -0.390 e. The van der Waals surface area contributed by atoms with Crippen LogP contribution in [0.2, 0.25) is 0 Å². The number of carbonyl (C=O) groups excluding carboxylic acids is 2. The standard InChI is InChI=1S/C34H36FN5O3/c1-20-15-23-16-24(17-29(31(23)38-19-20)40-33(42)37-14-12-34(43)10-11-34)32(41)36-13-9-26-18-28-21(2)3-8-27(28)30(39-26)22-4-6-25(35)7-5-22/h4-7,15-19,21,43H,3,8-14H2,1-2H3,(H,36,41)(H2,37,40,42). The minimum atomic E-state index is -0.646. The van der Waals surface area contributed by atoms with Crippen LogP contribution in [0.15, 0.2) is 54.7 Å². The van der Waals surface area contributed by atoms with Gasteiger partial charge in [0.15, 0.2) is 0 Å². The van der Waals surface area contributed by atoms with Crippen LogP contribution in [0.25, 0.3) is 22.2 Å². The number of hydrogen-bond acceptors (Lipinski definition) is 5. The normalized spacial score (nSPS) is 16.5. The van der Waals surface area contributed by atoms with E-state index in [9.17, 15) is 19.1 Å². The second-order valence-electron chi connectivity index (χ2n) is 11.9. The summed E-state index contributed by atoms with van der Waals surface area (Å²) in [5.41, 5.74) is 6.87. The van der Waals surface area contributed by atoms with Gasteiger partial charge in [0, 0.05) is 47.9 Å². The van der Waals surface area contributed by atoms with E-state index in [-0.39, 0.29) is 11.7 Å².